The van der Waals surface area contributed by atoms with E-state index in [1.165, 1.54) is 0 Å². The summed E-state index contributed by atoms with van der Waals surface area (Å²) in [4.78, 5) is 11.5. The number of hydrogen-bond donors (Lipinski definition) is 3. The normalized spacial score (nSPS) is 12.1. The van der Waals surface area contributed by atoms with Crippen molar-refractivity contribution < 1.29 is 14.6 Å². The molecular formula is C14H22N2O3. The maximum atomic E-state index is 11.5. The number of hydrogen-bond acceptors (Lipinski definition) is 4. The summed E-state index contributed by atoms with van der Waals surface area (Å²) < 4.78 is 5.30. The summed E-state index contributed by atoms with van der Waals surface area (Å²) in [6.07, 6.45) is -1.15. The number of aliphatic hydroxyl groups excluding tert-OH is 1. The number of aliphatic hydroxyl groups is 1. The van der Waals surface area contributed by atoms with Crippen LogP contribution in [0.4, 0.5) is 0 Å². The largest absolute Gasteiger partial charge is 0.496 e. The molecule has 19 heavy (non-hydrogen) atoms. The molecule has 0 fully saturated rings. The number of amides is 1. The minimum absolute atomic E-state index is 0.0779. The SMILES string of the molecule is COc1cc(C)c(CNC(=O)C(O)CN)c(C)c1C. The highest BCUT2D eigenvalue weighted by Crippen LogP contribution is 2.27. The zero-order valence-corrected chi connectivity index (χ0v) is 11.9. The van der Waals surface area contributed by atoms with Crippen LogP contribution in [0, 0.1) is 20.8 Å². The number of benzene rings is 1. The third-order valence-corrected chi connectivity index (χ3v) is 3.39. The molecule has 0 aliphatic rings. The van der Waals surface area contributed by atoms with Crippen molar-refractivity contribution in [2.45, 2.75) is 33.4 Å². The van der Waals surface area contributed by atoms with Crippen LogP contribution < -0.4 is 15.8 Å². The second kappa shape index (κ2) is 6.54. The molecule has 5 heteroatoms. The lowest BCUT2D eigenvalue weighted by Crippen LogP contribution is -2.39. The van der Waals surface area contributed by atoms with E-state index in [1.807, 2.05) is 26.8 Å². The van der Waals surface area contributed by atoms with E-state index < -0.39 is 12.0 Å². The second-order valence-corrected chi connectivity index (χ2v) is 4.59. The molecule has 5 nitrogen and oxygen atoms in total. The van der Waals surface area contributed by atoms with Crippen molar-refractivity contribution in [1.82, 2.24) is 5.32 Å². The van der Waals surface area contributed by atoms with Crippen molar-refractivity contribution in [3.63, 3.8) is 0 Å². The number of ether oxygens (including phenoxy) is 1. The van der Waals surface area contributed by atoms with E-state index >= 15 is 0 Å². The van der Waals surface area contributed by atoms with Crippen LogP contribution in [0.2, 0.25) is 0 Å². The highest BCUT2D eigenvalue weighted by molar-refractivity contribution is 5.80. The van der Waals surface area contributed by atoms with Gasteiger partial charge < -0.3 is 20.9 Å². The van der Waals surface area contributed by atoms with Gasteiger partial charge in [-0.3, -0.25) is 4.79 Å². The molecule has 1 aromatic rings. The molecule has 1 atom stereocenters. The molecule has 106 valence electrons. The maximum Gasteiger partial charge on any atom is 0.250 e. The lowest BCUT2D eigenvalue weighted by Gasteiger charge is -2.17. The molecule has 1 aromatic carbocycles. The Balaban J connectivity index is 2.91. The summed E-state index contributed by atoms with van der Waals surface area (Å²) in [5, 5.41) is 12.0. The molecule has 0 radical (unpaired) electrons. The Morgan fingerprint density at radius 1 is 1.42 bits per heavy atom. The first kappa shape index (κ1) is 15.5. The number of rotatable bonds is 5. The summed E-state index contributed by atoms with van der Waals surface area (Å²) in [6, 6.07) is 1.95. The summed E-state index contributed by atoms with van der Waals surface area (Å²) in [6.45, 7) is 6.24. The van der Waals surface area contributed by atoms with Gasteiger partial charge in [0.1, 0.15) is 11.9 Å². The Bertz CT molecular complexity index is 472. The van der Waals surface area contributed by atoms with Crippen LogP contribution in [0.3, 0.4) is 0 Å². The van der Waals surface area contributed by atoms with Crippen LogP contribution in [0.25, 0.3) is 0 Å². The monoisotopic (exact) mass is 266 g/mol. The van der Waals surface area contributed by atoms with Crippen molar-refractivity contribution in [3.8, 4) is 5.75 Å². The molecule has 0 heterocycles. The second-order valence-electron chi connectivity index (χ2n) is 4.59. The van der Waals surface area contributed by atoms with Gasteiger partial charge in [0.15, 0.2) is 0 Å². The van der Waals surface area contributed by atoms with Gasteiger partial charge >= 0.3 is 0 Å². The van der Waals surface area contributed by atoms with Crippen molar-refractivity contribution in [2.24, 2.45) is 5.73 Å². The van der Waals surface area contributed by atoms with E-state index in [0.29, 0.717) is 6.54 Å². The lowest BCUT2D eigenvalue weighted by molar-refractivity contribution is -0.128. The van der Waals surface area contributed by atoms with E-state index in [9.17, 15) is 9.90 Å². The smallest absolute Gasteiger partial charge is 0.250 e. The van der Waals surface area contributed by atoms with E-state index in [4.69, 9.17) is 10.5 Å². The van der Waals surface area contributed by atoms with Crippen molar-refractivity contribution in [1.29, 1.82) is 0 Å². The molecule has 0 aliphatic carbocycles. The van der Waals surface area contributed by atoms with Crippen molar-refractivity contribution in [2.75, 3.05) is 13.7 Å². The van der Waals surface area contributed by atoms with E-state index in [0.717, 1.165) is 28.0 Å². The van der Waals surface area contributed by atoms with Crippen LogP contribution in [-0.2, 0) is 11.3 Å². The lowest BCUT2D eigenvalue weighted by atomic mass is 9.97. The Morgan fingerprint density at radius 2 is 2.05 bits per heavy atom. The van der Waals surface area contributed by atoms with Gasteiger partial charge in [0, 0.05) is 13.1 Å². The first-order chi connectivity index (χ1) is 8.92. The molecule has 0 spiro atoms. The predicted octanol–water partition coefficient (Wildman–Crippen LogP) is 0.556. The summed E-state index contributed by atoms with van der Waals surface area (Å²) >= 11 is 0. The predicted molar refractivity (Wildman–Crippen MR) is 74.1 cm³/mol. The Labute approximate surface area is 113 Å². The molecule has 1 rings (SSSR count). The van der Waals surface area contributed by atoms with Gasteiger partial charge in [-0.1, -0.05) is 0 Å². The summed E-state index contributed by atoms with van der Waals surface area (Å²) in [7, 11) is 1.64. The van der Waals surface area contributed by atoms with Gasteiger partial charge in [0.25, 0.3) is 0 Å². The summed E-state index contributed by atoms with van der Waals surface area (Å²) in [5.74, 6) is 0.391. The van der Waals surface area contributed by atoms with Gasteiger partial charge in [-0.05, 0) is 49.1 Å². The van der Waals surface area contributed by atoms with Crippen molar-refractivity contribution >= 4 is 5.91 Å². The zero-order chi connectivity index (χ0) is 14.6. The molecule has 0 bridgehead atoms. The Kier molecular flexibility index (Phi) is 5.32. The van der Waals surface area contributed by atoms with Crippen LogP contribution >= 0.6 is 0 Å². The van der Waals surface area contributed by atoms with Crippen molar-refractivity contribution in [3.05, 3.63) is 28.3 Å². The number of carbonyl (C=O) groups is 1. The number of aryl methyl sites for hydroxylation is 1. The van der Waals surface area contributed by atoms with Crippen LogP contribution in [0.15, 0.2) is 6.07 Å². The van der Waals surface area contributed by atoms with Gasteiger partial charge in [-0.15, -0.1) is 0 Å². The average molecular weight is 266 g/mol. The van der Waals surface area contributed by atoms with Gasteiger partial charge in [0.05, 0.1) is 7.11 Å². The minimum Gasteiger partial charge on any atom is -0.496 e. The fraction of sp³-hybridized carbons (Fsp3) is 0.500. The molecule has 1 amide bonds. The van der Waals surface area contributed by atoms with Crippen LogP contribution in [-0.4, -0.2) is 30.8 Å². The van der Waals surface area contributed by atoms with E-state index in [1.54, 1.807) is 7.11 Å². The molecule has 4 N–H and O–H groups in total. The quantitative estimate of drug-likeness (QED) is 0.727. The molecule has 0 saturated heterocycles. The fourth-order valence-corrected chi connectivity index (χ4v) is 1.98. The highest BCUT2D eigenvalue weighted by Gasteiger charge is 2.15. The van der Waals surface area contributed by atoms with Crippen LogP contribution in [0.5, 0.6) is 5.75 Å². The highest BCUT2D eigenvalue weighted by atomic mass is 16.5. The van der Waals surface area contributed by atoms with Crippen LogP contribution in [0.1, 0.15) is 22.3 Å². The molecule has 1 unspecified atom stereocenters. The zero-order valence-electron chi connectivity index (χ0n) is 11.9. The van der Waals surface area contributed by atoms with E-state index in [2.05, 4.69) is 5.32 Å². The number of methoxy groups -OCH3 is 1. The third kappa shape index (κ3) is 3.45. The standard InChI is InChI=1S/C14H22N2O3/c1-8-5-13(19-4)10(3)9(2)11(8)7-16-14(18)12(17)6-15/h5,12,17H,6-7,15H2,1-4H3,(H,16,18). The molecule has 0 aliphatic heterocycles. The molecule has 0 aromatic heterocycles. The first-order valence-electron chi connectivity index (χ1n) is 6.21. The summed E-state index contributed by atoms with van der Waals surface area (Å²) in [5.41, 5.74) is 9.45. The Hall–Kier alpha value is -1.59. The number of carbonyl (C=O) groups excluding carboxylic acids is 1. The maximum absolute atomic E-state index is 11.5. The molecular weight excluding hydrogens is 244 g/mol. The Morgan fingerprint density at radius 3 is 2.58 bits per heavy atom. The van der Waals surface area contributed by atoms with Gasteiger partial charge in [-0.2, -0.15) is 0 Å². The topological polar surface area (TPSA) is 84.6 Å². The minimum atomic E-state index is -1.15. The number of nitrogens with two attached hydrogens (primary N) is 1. The third-order valence-electron chi connectivity index (χ3n) is 3.39. The number of nitrogens with one attached hydrogen (secondary N) is 1. The van der Waals surface area contributed by atoms with E-state index in [-0.39, 0.29) is 6.54 Å². The van der Waals surface area contributed by atoms with Gasteiger partial charge in [-0.25, -0.2) is 0 Å². The molecule has 0 saturated carbocycles. The fourth-order valence-electron chi connectivity index (χ4n) is 1.98. The van der Waals surface area contributed by atoms with Gasteiger partial charge in [0.2, 0.25) is 5.91 Å². The average Bonchev–Trinajstić information content (AvgIpc) is 2.41. The first-order valence-corrected chi connectivity index (χ1v) is 6.21.